The number of nitrogens with zero attached hydrogens (tertiary/aromatic N) is 2. The van der Waals surface area contributed by atoms with Gasteiger partial charge in [-0.05, 0) is 63.0 Å². The monoisotopic (exact) mass is 303 g/mol. The topological polar surface area (TPSA) is 42.2 Å². The standard InChI is InChI=1S/C17H25N3S/c1-11-7-8-20(12(2)9-11)17-14(16(18)21)10-13-5-3-4-6-15(13)19-17/h10-12H,3-9H2,1-2H3,(H2,18,21). The molecule has 4 heteroatoms. The molecule has 0 radical (unpaired) electrons. The minimum absolute atomic E-state index is 0.483. The Morgan fingerprint density at radius 3 is 2.81 bits per heavy atom. The Morgan fingerprint density at radius 1 is 1.33 bits per heavy atom. The molecule has 2 heterocycles. The van der Waals surface area contributed by atoms with Gasteiger partial charge in [0.2, 0.25) is 0 Å². The molecule has 0 bridgehead atoms. The summed E-state index contributed by atoms with van der Waals surface area (Å²) in [6.07, 6.45) is 7.15. The van der Waals surface area contributed by atoms with E-state index >= 15 is 0 Å². The molecule has 2 N–H and O–H groups in total. The van der Waals surface area contributed by atoms with Crippen LogP contribution in [0.1, 0.15) is 56.4 Å². The normalized spacial score (nSPS) is 25.5. The largest absolute Gasteiger partial charge is 0.389 e. The number of rotatable bonds is 2. The molecule has 1 fully saturated rings. The molecule has 114 valence electrons. The summed E-state index contributed by atoms with van der Waals surface area (Å²) in [6.45, 7) is 5.69. The number of hydrogen-bond acceptors (Lipinski definition) is 3. The fraction of sp³-hybridized carbons (Fsp3) is 0.647. The van der Waals surface area contributed by atoms with Crippen LogP contribution < -0.4 is 10.6 Å². The third-order valence-corrected chi connectivity index (χ3v) is 5.18. The number of aryl methyl sites for hydroxylation is 2. The lowest BCUT2D eigenvalue weighted by atomic mass is 9.91. The van der Waals surface area contributed by atoms with Gasteiger partial charge in [0.15, 0.2) is 0 Å². The summed E-state index contributed by atoms with van der Waals surface area (Å²) in [5.41, 5.74) is 9.59. The molecule has 2 atom stereocenters. The summed E-state index contributed by atoms with van der Waals surface area (Å²) in [5, 5.41) is 0. The van der Waals surface area contributed by atoms with Crippen LogP contribution in [0, 0.1) is 5.92 Å². The molecule has 0 amide bonds. The Balaban J connectivity index is 2.01. The number of nitrogens with two attached hydrogens (primary N) is 1. The van der Waals surface area contributed by atoms with E-state index in [-0.39, 0.29) is 0 Å². The number of aromatic nitrogens is 1. The highest BCUT2D eigenvalue weighted by atomic mass is 32.1. The lowest BCUT2D eigenvalue weighted by Crippen LogP contribution is -2.42. The van der Waals surface area contributed by atoms with Gasteiger partial charge in [-0.1, -0.05) is 19.1 Å². The highest BCUT2D eigenvalue weighted by Gasteiger charge is 2.27. The highest BCUT2D eigenvalue weighted by molar-refractivity contribution is 7.80. The lowest BCUT2D eigenvalue weighted by Gasteiger charge is -2.38. The molecule has 1 aliphatic heterocycles. The van der Waals surface area contributed by atoms with Crippen LogP contribution in [0.5, 0.6) is 0 Å². The van der Waals surface area contributed by atoms with Crippen LogP contribution in [-0.2, 0) is 12.8 Å². The Kier molecular flexibility index (Phi) is 4.16. The van der Waals surface area contributed by atoms with Gasteiger partial charge < -0.3 is 10.6 Å². The second kappa shape index (κ2) is 5.91. The molecule has 1 aliphatic carbocycles. The first-order chi connectivity index (χ1) is 10.1. The van der Waals surface area contributed by atoms with E-state index in [9.17, 15) is 0 Å². The summed E-state index contributed by atoms with van der Waals surface area (Å²) in [7, 11) is 0. The molecule has 3 nitrogen and oxygen atoms in total. The van der Waals surface area contributed by atoms with E-state index < -0.39 is 0 Å². The Labute approximate surface area is 132 Å². The number of anilines is 1. The average Bonchev–Trinajstić information content (AvgIpc) is 2.46. The van der Waals surface area contributed by atoms with Crippen molar-refractivity contribution in [1.29, 1.82) is 0 Å². The maximum absolute atomic E-state index is 5.99. The predicted molar refractivity (Wildman–Crippen MR) is 92.0 cm³/mol. The van der Waals surface area contributed by atoms with E-state index in [1.165, 1.54) is 36.9 Å². The molecule has 3 rings (SSSR count). The Morgan fingerprint density at radius 2 is 2.10 bits per heavy atom. The third-order valence-electron chi connectivity index (χ3n) is 4.96. The molecule has 0 saturated carbocycles. The molecular weight excluding hydrogens is 278 g/mol. The van der Waals surface area contributed by atoms with E-state index in [2.05, 4.69) is 24.8 Å². The zero-order valence-electron chi connectivity index (χ0n) is 13.1. The molecule has 2 unspecified atom stereocenters. The lowest BCUT2D eigenvalue weighted by molar-refractivity contribution is 0.375. The Bertz CT molecular complexity index is 555. The molecule has 1 saturated heterocycles. The molecule has 0 spiro atoms. The first-order valence-electron chi connectivity index (χ1n) is 8.15. The van der Waals surface area contributed by atoms with E-state index in [0.29, 0.717) is 11.0 Å². The van der Waals surface area contributed by atoms with Crippen molar-refractivity contribution in [1.82, 2.24) is 4.98 Å². The molecular formula is C17H25N3S. The average molecular weight is 303 g/mol. The predicted octanol–water partition coefficient (Wildman–Crippen LogP) is 3.22. The van der Waals surface area contributed by atoms with Gasteiger partial charge in [-0.15, -0.1) is 0 Å². The van der Waals surface area contributed by atoms with Crippen LogP contribution in [0.3, 0.4) is 0 Å². The molecule has 1 aromatic heterocycles. The van der Waals surface area contributed by atoms with Gasteiger partial charge in [0.05, 0.1) is 5.56 Å². The summed E-state index contributed by atoms with van der Waals surface area (Å²) in [5.74, 6) is 1.82. The summed E-state index contributed by atoms with van der Waals surface area (Å²) in [6, 6.07) is 2.72. The summed E-state index contributed by atoms with van der Waals surface area (Å²) < 4.78 is 0. The van der Waals surface area contributed by atoms with Crippen molar-refractivity contribution in [2.45, 2.75) is 58.4 Å². The minimum Gasteiger partial charge on any atom is -0.389 e. The molecule has 21 heavy (non-hydrogen) atoms. The van der Waals surface area contributed by atoms with Gasteiger partial charge in [0.1, 0.15) is 10.8 Å². The van der Waals surface area contributed by atoms with Crippen LogP contribution in [0.25, 0.3) is 0 Å². The zero-order valence-corrected chi connectivity index (χ0v) is 13.9. The first-order valence-corrected chi connectivity index (χ1v) is 8.56. The van der Waals surface area contributed by atoms with Gasteiger partial charge in [-0.2, -0.15) is 0 Å². The smallest absolute Gasteiger partial charge is 0.139 e. The van der Waals surface area contributed by atoms with Crippen LogP contribution >= 0.6 is 12.2 Å². The van der Waals surface area contributed by atoms with Gasteiger partial charge >= 0.3 is 0 Å². The first kappa shape index (κ1) is 14.8. The van der Waals surface area contributed by atoms with Crippen molar-refractivity contribution in [2.24, 2.45) is 11.7 Å². The van der Waals surface area contributed by atoms with Crippen LogP contribution in [-0.4, -0.2) is 22.6 Å². The fourth-order valence-electron chi connectivity index (χ4n) is 3.74. The second-order valence-electron chi connectivity index (χ2n) is 6.71. The summed E-state index contributed by atoms with van der Waals surface area (Å²) in [4.78, 5) is 7.90. The van der Waals surface area contributed by atoms with Crippen molar-refractivity contribution >= 4 is 23.0 Å². The van der Waals surface area contributed by atoms with Crippen molar-refractivity contribution in [3.8, 4) is 0 Å². The maximum atomic E-state index is 5.99. The second-order valence-corrected chi connectivity index (χ2v) is 7.15. The van der Waals surface area contributed by atoms with Gasteiger partial charge in [-0.25, -0.2) is 4.98 Å². The maximum Gasteiger partial charge on any atom is 0.139 e. The SMILES string of the molecule is CC1CCN(c2nc3c(cc2C(N)=S)CCCC3)C(C)C1. The number of piperidine rings is 1. The van der Waals surface area contributed by atoms with E-state index in [1.807, 2.05) is 0 Å². The van der Waals surface area contributed by atoms with Crippen molar-refractivity contribution < 1.29 is 0 Å². The minimum atomic E-state index is 0.483. The van der Waals surface area contributed by atoms with Crippen molar-refractivity contribution in [3.63, 3.8) is 0 Å². The number of pyridine rings is 1. The summed E-state index contributed by atoms with van der Waals surface area (Å²) >= 11 is 5.30. The van der Waals surface area contributed by atoms with Crippen molar-refractivity contribution in [2.75, 3.05) is 11.4 Å². The van der Waals surface area contributed by atoms with Crippen LogP contribution in [0.2, 0.25) is 0 Å². The van der Waals surface area contributed by atoms with E-state index in [4.69, 9.17) is 22.9 Å². The molecule has 2 aliphatic rings. The van der Waals surface area contributed by atoms with Gasteiger partial charge in [-0.3, -0.25) is 0 Å². The molecule has 0 aromatic carbocycles. The molecule has 1 aromatic rings. The zero-order chi connectivity index (χ0) is 15.0. The number of hydrogen-bond donors (Lipinski definition) is 1. The quantitative estimate of drug-likeness (QED) is 0.852. The number of thiocarbonyl (C=S) groups is 1. The fourth-order valence-corrected chi connectivity index (χ4v) is 3.90. The van der Waals surface area contributed by atoms with E-state index in [1.54, 1.807) is 0 Å². The van der Waals surface area contributed by atoms with Gasteiger partial charge in [0.25, 0.3) is 0 Å². The third kappa shape index (κ3) is 2.91. The number of fused-ring (bicyclic) bond motifs is 1. The van der Waals surface area contributed by atoms with Crippen LogP contribution in [0.15, 0.2) is 6.07 Å². The van der Waals surface area contributed by atoms with E-state index in [0.717, 1.165) is 36.7 Å². The van der Waals surface area contributed by atoms with Crippen molar-refractivity contribution in [3.05, 3.63) is 22.9 Å². The van der Waals surface area contributed by atoms with Gasteiger partial charge in [0, 0.05) is 18.3 Å². The highest BCUT2D eigenvalue weighted by Crippen LogP contribution is 2.32. The van der Waals surface area contributed by atoms with Crippen LogP contribution in [0.4, 0.5) is 5.82 Å². The Hall–Kier alpha value is -1.16.